The first-order chi connectivity index (χ1) is 9.22. The fourth-order valence-electron chi connectivity index (χ4n) is 2.06. The van der Waals surface area contributed by atoms with Crippen LogP contribution < -0.4 is 4.90 Å². The first-order valence-electron chi connectivity index (χ1n) is 6.21. The third-order valence-corrected chi connectivity index (χ3v) is 3.05. The van der Waals surface area contributed by atoms with Crippen LogP contribution in [0, 0.1) is 5.82 Å². The molecule has 1 aromatic carbocycles. The largest absolute Gasteiger partial charge is 0.392 e. The average Bonchev–Trinajstić information content (AvgIpc) is 2.45. The second-order valence-corrected chi connectivity index (χ2v) is 4.40. The highest BCUT2D eigenvalue weighted by Gasteiger charge is 2.12. The molecule has 0 aliphatic heterocycles. The van der Waals surface area contributed by atoms with Gasteiger partial charge in [0.2, 0.25) is 0 Å². The van der Waals surface area contributed by atoms with Crippen LogP contribution in [0.25, 0.3) is 0 Å². The number of benzene rings is 1. The third-order valence-electron chi connectivity index (χ3n) is 3.05. The van der Waals surface area contributed by atoms with Gasteiger partial charge >= 0.3 is 0 Å². The number of likely N-dealkylation sites (N-methyl/N-ethyl adjacent to an activating group) is 1. The molecule has 19 heavy (non-hydrogen) atoms. The van der Waals surface area contributed by atoms with Crippen LogP contribution >= 0.6 is 0 Å². The van der Waals surface area contributed by atoms with Crippen molar-refractivity contribution in [2.75, 3.05) is 18.5 Å². The quantitative estimate of drug-likeness (QED) is 0.896. The van der Waals surface area contributed by atoms with Crippen molar-refractivity contribution in [1.82, 2.24) is 4.98 Å². The molecule has 0 spiro atoms. The molecule has 0 bridgehead atoms. The van der Waals surface area contributed by atoms with E-state index in [2.05, 4.69) is 4.98 Å². The zero-order valence-corrected chi connectivity index (χ0v) is 10.9. The summed E-state index contributed by atoms with van der Waals surface area (Å²) in [6.07, 6.45) is 2.48. The van der Waals surface area contributed by atoms with Gasteiger partial charge in [-0.05, 0) is 18.2 Å². The van der Waals surface area contributed by atoms with Crippen LogP contribution in [0.1, 0.15) is 11.3 Å². The first kappa shape index (κ1) is 13.5. The Morgan fingerprint density at radius 2 is 2.05 bits per heavy atom. The summed E-state index contributed by atoms with van der Waals surface area (Å²) >= 11 is 0. The van der Waals surface area contributed by atoms with Crippen molar-refractivity contribution < 1.29 is 9.50 Å². The molecule has 0 fully saturated rings. The molecule has 0 aliphatic rings. The molecule has 1 aromatic heterocycles. The fourth-order valence-corrected chi connectivity index (χ4v) is 2.06. The lowest BCUT2D eigenvalue weighted by atomic mass is 10.1. The highest BCUT2D eigenvalue weighted by molar-refractivity contribution is 5.54. The van der Waals surface area contributed by atoms with Gasteiger partial charge in [0, 0.05) is 37.5 Å². The smallest absolute Gasteiger partial charge is 0.146 e. The molecule has 0 amide bonds. The van der Waals surface area contributed by atoms with Crippen LogP contribution in [0.4, 0.5) is 10.1 Å². The van der Waals surface area contributed by atoms with Gasteiger partial charge in [-0.2, -0.15) is 0 Å². The van der Waals surface area contributed by atoms with Crippen molar-refractivity contribution >= 4 is 5.69 Å². The molecule has 0 aliphatic carbocycles. The molecule has 0 saturated carbocycles. The summed E-state index contributed by atoms with van der Waals surface area (Å²) in [6, 6.07) is 10.5. The Morgan fingerprint density at radius 1 is 1.21 bits per heavy atom. The molecule has 0 radical (unpaired) electrons. The monoisotopic (exact) mass is 260 g/mol. The number of hydrogen-bond acceptors (Lipinski definition) is 3. The summed E-state index contributed by atoms with van der Waals surface area (Å²) in [5, 5.41) is 9.27. The summed E-state index contributed by atoms with van der Waals surface area (Å²) in [5.41, 5.74) is 2.03. The summed E-state index contributed by atoms with van der Waals surface area (Å²) in [4.78, 5) is 6.05. The van der Waals surface area contributed by atoms with Crippen LogP contribution in [-0.2, 0) is 13.0 Å². The molecule has 0 unspecified atom stereocenters. The predicted molar refractivity (Wildman–Crippen MR) is 73.5 cm³/mol. The van der Waals surface area contributed by atoms with Gasteiger partial charge in [0.25, 0.3) is 0 Å². The second-order valence-electron chi connectivity index (χ2n) is 4.40. The molecule has 3 nitrogen and oxygen atoms in total. The topological polar surface area (TPSA) is 36.4 Å². The van der Waals surface area contributed by atoms with Gasteiger partial charge in [0.15, 0.2) is 0 Å². The predicted octanol–water partition coefficient (Wildman–Crippen LogP) is 2.39. The van der Waals surface area contributed by atoms with E-state index in [0.717, 1.165) is 12.1 Å². The van der Waals surface area contributed by atoms with E-state index in [0.29, 0.717) is 17.8 Å². The van der Waals surface area contributed by atoms with Gasteiger partial charge in [0.1, 0.15) is 5.82 Å². The normalized spacial score (nSPS) is 10.5. The maximum atomic E-state index is 13.8. The zero-order chi connectivity index (χ0) is 13.7. The zero-order valence-electron chi connectivity index (χ0n) is 10.9. The lowest BCUT2D eigenvalue weighted by Gasteiger charge is -2.22. The SMILES string of the molecule is CN(CCc1ccccn1)c1c(F)cccc1CO. The number of para-hydroxylation sites is 1. The van der Waals surface area contributed by atoms with Crippen molar-refractivity contribution in [2.45, 2.75) is 13.0 Å². The molecule has 4 heteroatoms. The van der Waals surface area contributed by atoms with E-state index >= 15 is 0 Å². The lowest BCUT2D eigenvalue weighted by molar-refractivity contribution is 0.281. The average molecular weight is 260 g/mol. The standard InChI is InChI=1S/C15H17FN2O/c1-18(10-8-13-6-2-3-9-17-13)15-12(11-19)5-4-7-14(15)16/h2-7,9,19H,8,10-11H2,1H3. The highest BCUT2D eigenvalue weighted by Crippen LogP contribution is 2.23. The van der Waals surface area contributed by atoms with Crippen LogP contribution in [-0.4, -0.2) is 23.7 Å². The number of halogens is 1. The summed E-state index contributed by atoms with van der Waals surface area (Å²) in [5.74, 6) is -0.310. The van der Waals surface area contributed by atoms with Crippen LogP contribution in [0.5, 0.6) is 0 Å². The Morgan fingerprint density at radius 3 is 2.74 bits per heavy atom. The van der Waals surface area contributed by atoms with Crippen LogP contribution in [0.2, 0.25) is 0 Å². The van der Waals surface area contributed by atoms with E-state index in [-0.39, 0.29) is 12.4 Å². The lowest BCUT2D eigenvalue weighted by Crippen LogP contribution is -2.23. The highest BCUT2D eigenvalue weighted by atomic mass is 19.1. The maximum Gasteiger partial charge on any atom is 0.146 e. The van der Waals surface area contributed by atoms with Crippen molar-refractivity contribution in [1.29, 1.82) is 0 Å². The molecule has 1 heterocycles. The van der Waals surface area contributed by atoms with E-state index in [4.69, 9.17) is 0 Å². The van der Waals surface area contributed by atoms with E-state index in [1.165, 1.54) is 6.07 Å². The molecular weight excluding hydrogens is 243 g/mol. The summed E-state index contributed by atoms with van der Waals surface area (Å²) < 4.78 is 13.8. The summed E-state index contributed by atoms with van der Waals surface area (Å²) in [7, 11) is 1.82. The Hall–Kier alpha value is -1.94. The van der Waals surface area contributed by atoms with E-state index in [9.17, 15) is 9.50 Å². The Kier molecular flexibility index (Phi) is 4.47. The van der Waals surface area contributed by atoms with Crippen LogP contribution in [0.3, 0.4) is 0 Å². The van der Waals surface area contributed by atoms with Gasteiger partial charge in [-0.3, -0.25) is 4.98 Å². The van der Waals surface area contributed by atoms with Crippen LogP contribution in [0.15, 0.2) is 42.6 Å². The number of anilines is 1. The van der Waals surface area contributed by atoms with E-state index in [1.54, 1.807) is 18.3 Å². The number of aliphatic hydroxyl groups is 1. The first-order valence-corrected chi connectivity index (χ1v) is 6.21. The van der Waals surface area contributed by atoms with Gasteiger partial charge in [0.05, 0.1) is 12.3 Å². The minimum atomic E-state index is -0.310. The van der Waals surface area contributed by atoms with Crippen molar-refractivity contribution in [3.63, 3.8) is 0 Å². The third kappa shape index (κ3) is 3.29. The van der Waals surface area contributed by atoms with Crippen molar-refractivity contribution in [3.8, 4) is 0 Å². The number of aliphatic hydroxyl groups excluding tert-OH is 1. The fraction of sp³-hybridized carbons (Fsp3) is 0.267. The molecule has 0 atom stereocenters. The number of nitrogens with zero attached hydrogens (tertiary/aromatic N) is 2. The molecule has 2 aromatic rings. The van der Waals surface area contributed by atoms with Gasteiger partial charge in [-0.1, -0.05) is 18.2 Å². The number of pyridine rings is 1. The van der Waals surface area contributed by atoms with Gasteiger partial charge in [-0.25, -0.2) is 4.39 Å². The molecule has 2 rings (SSSR count). The Balaban J connectivity index is 2.10. The number of hydrogen-bond donors (Lipinski definition) is 1. The number of aromatic nitrogens is 1. The Labute approximate surface area is 112 Å². The van der Waals surface area contributed by atoms with Crippen molar-refractivity contribution in [3.05, 3.63) is 59.7 Å². The summed E-state index contributed by atoms with van der Waals surface area (Å²) in [6.45, 7) is 0.478. The Bertz CT molecular complexity index is 531. The maximum absolute atomic E-state index is 13.8. The number of rotatable bonds is 5. The molecular formula is C15H17FN2O. The molecule has 100 valence electrons. The van der Waals surface area contributed by atoms with Gasteiger partial charge < -0.3 is 10.0 Å². The molecule has 0 saturated heterocycles. The van der Waals surface area contributed by atoms with E-state index in [1.807, 2.05) is 30.1 Å². The minimum Gasteiger partial charge on any atom is -0.392 e. The van der Waals surface area contributed by atoms with Gasteiger partial charge in [-0.15, -0.1) is 0 Å². The van der Waals surface area contributed by atoms with E-state index < -0.39 is 0 Å². The van der Waals surface area contributed by atoms with Crippen molar-refractivity contribution in [2.24, 2.45) is 0 Å². The second kappa shape index (κ2) is 6.29. The minimum absolute atomic E-state index is 0.166. The molecule has 1 N–H and O–H groups in total.